The molecule has 0 bridgehead atoms. The maximum Gasteiger partial charge on any atom is 0.254 e. The lowest BCUT2D eigenvalue weighted by atomic mass is 10.0. The number of ether oxygens (including phenoxy) is 3. The van der Waals surface area contributed by atoms with E-state index in [1.54, 1.807) is 56.7 Å². The summed E-state index contributed by atoms with van der Waals surface area (Å²) in [6.45, 7) is 3.33. The average Bonchev–Trinajstić information content (AvgIpc) is 3.68. The molecule has 2 heterocycles. The molecule has 0 N–H and O–H groups in total. The Kier molecular flexibility index (Phi) is 6.69. The van der Waals surface area contributed by atoms with E-state index in [1.165, 1.54) is 6.20 Å². The van der Waals surface area contributed by atoms with Gasteiger partial charge in [-0.1, -0.05) is 11.6 Å². The van der Waals surface area contributed by atoms with Gasteiger partial charge in [0.15, 0.2) is 11.5 Å². The molecule has 9 heteroatoms. The fourth-order valence-corrected chi connectivity index (χ4v) is 4.90. The summed E-state index contributed by atoms with van der Waals surface area (Å²) in [5.41, 5.74) is 1.66. The van der Waals surface area contributed by atoms with Crippen molar-refractivity contribution >= 4 is 23.4 Å². The fraction of sp³-hybridized carbons (Fsp3) is 0.321. The van der Waals surface area contributed by atoms with Gasteiger partial charge in [-0.15, -0.1) is 0 Å². The molecule has 2 aromatic carbocycles. The van der Waals surface area contributed by atoms with Crippen molar-refractivity contribution in [2.45, 2.75) is 25.3 Å². The molecular formula is C28H28ClN3O5. The first kappa shape index (κ1) is 24.9. The summed E-state index contributed by atoms with van der Waals surface area (Å²) in [7, 11) is 3.13. The lowest BCUT2D eigenvalue weighted by molar-refractivity contribution is 0.0333. The molecule has 2 aliphatic rings. The molecule has 1 saturated carbocycles. The van der Waals surface area contributed by atoms with E-state index in [0.717, 1.165) is 18.4 Å². The highest BCUT2D eigenvalue weighted by Crippen LogP contribution is 2.45. The van der Waals surface area contributed by atoms with Gasteiger partial charge in [0.2, 0.25) is 5.88 Å². The first-order valence-corrected chi connectivity index (χ1v) is 12.4. The van der Waals surface area contributed by atoms with Crippen molar-refractivity contribution < 1.29 is 23.8 Å². The molecule has 2 fully saturated rings. The molecule has 3 aromatic rings. The van der Waals surface area contributed by atoms with E-state index in [0.29, 0.717) is 58.9 Å². The third-order valence-corrected chi connectivity index (χ3v) is 7.22. The number of aromatic nitrogens is 1. The first-order valence-electron chi connectivity index (χ1n) is 12.1. The summed E-state index contributed by atoms with van der Waals surface area (Å²) in [6, 6.07) is 14.0. The van der Waals surface area contributed by atoms with E-state index < -0.39 is 0 Å². The lowest BCUT2D eigenvalue weighted by Gasteiger charge is -2.42. The minimum absolute atomic E-state index is 0.0388. The minimum Gasteiger partial charge on any atom is -0.493 e. The molecule has 37 heavy (non-hydrogen) atoms. The molecule has 5 rings (SSSR count). The highest BCUT2D eigenvalue weighted by Gasteiger charge is 2.54. The van der Waals surface area contributed by atoms with Gasteiger partial charge in [0.05, 0.1) is 24.8 Å². The van der Waals surface area contributed by atoms with Crippen molar-refractivity contribution in [2.75, 3.05) is 33.9 Å². The SMILES string of the molecule is COc1cc(C)c(C(=O)N2CCN(C(=O)c3ccc(Oc4ccc(Cl)cn4)cc3)C3(CC3)C2)cc1OC. The normalized spacial score (nSPS) is 15.9. The molecule has 192 valence electrons. The first-order chi connectivity index (χ1) is 17.8. The second-order valence-corrected chi connectivity index (χ2v) is 9.81. The molecule has 1 aliphatic carbocycles. The number of pyridine rings is 1. The van der Waals surface area contributed by atoms with Crippen LogP contribution in [-0.4, -0.2) is 66.0 Å². The Balaban J connectivity index is 1.27. The van der Waals surface area contributed by atoms with Gasteiger partial charge in [-0.25, -0.2) is 4.98 Å². The summed E-state index contributed by atoms with van der Waals surface area (Å²) >= 11 is 5.87. The van der Waals surface area contributed by atoms with Crippen LogP contribution in [0.2, 0.25) is 5.02 Å². The van der Waals surface area contributed by atoms with Crippen molar-refractivity contribution in [1.29, 1.82) is 0 Å². The topological polar surface area (TPSA) is 81.2 Å². The molecule has 1 aliphatic heterocycles. The monoisotopic (exact) mass is 521 g/mol. The van der Waals surface area contributed by atoms with Crippen molar-refractivity contribution in [3.63, 3.8) is 0 Å². The molecule has 2 amide bonds. The molecular weight excluding hydrogens is 494 g/mol. The Bertz CT molecular complexity index is 1320. The van der Waals surface area contributed by atoms with E-state index >= 15 is 0 Å². The number of nitrogens with zero attached hydrogens (tertiary/aromatic N) is 3. The number of benzene rings is 2. The van der Waals surface area contributed by atoms with Gasteiger partial charge in [-0.2, -0.15) is 0 Å². The van der Waals surface area contributed by atoms with E-state index in [9.17, 15) is 9.59 Å². The Morgan fingerprint density at radius 2 is 1.65 bits per heavy atom. The number of carbonyl (C=O) groups is 2. The van der Waals surface area contributed by atoms with Crippen LogP contribution in [0.1, 0.15) is 39.1 Å². The number of rotatable bonds is 6. The highest BCUT2D eigenvalue weighted by molar-refractivity contribution is 6.30. The summed E-state index contributed by atoms with van der Waals surface area (Å²) < 4.78 is 16.5. The second-order valence-electron chi connectivity index (χ2n) is 9.37. The lowest BCUT2D eigenvalue weighted by Crippen LogP contribution is -2.58. The third-order valence-electron chi connectivity index (χ3n) is 7.00. The Morgan fingerprint density at radius 3 is 2.27 bits per heavy atom. The summed E-state index contributed by atoms with van der Waals surface area (Å²) in [4.78, 5) is 34.8. The third kappa shape index (κ3) is 4.93. The molecule has 0 atom stereocenters. The summed E-state index contributed by atoms with van der Waals surface area (Å²) in [5, 5.41) is 0.531. The van der Waals surface area contributed by atoms with Gasteiger partial charge in [0, 0.05) is 43.0 Å². The van der Waals surface area contributed by atoms with Gasteiger partial charge in [-0.3, -0.25) is 9.59 Å². The number of aryl methyl sites for hydroxylation is 1. The maximum absolute atomic E-state index is 13.5. The number of amides is 2. The predicted octanol–water partition coefficient (Wildman–Crippen LogP) is 4.98. The second kappa shape index (κ2) is 9.94. The largest absolute Gasteiger partial charge is 0.493 e. The zero-order valence-electron chi connectivity index (χ0n) is 21.0. The average molecular weight is 522 g/mol. The fourth-order valence-electron chi connectivity index (χ4n) is 4.79. The van der Waals surface area contributed by atoms with Crippen molar-refractivity contribution in [1.82, 2.24) is 14.8 Å². The van der Waals surface area contributed by atoms with Crippen LogP contribution in [0.5, 0.6) is 23.1 Å². The minimum atomic E-state index is -0.322. The van der Waals surface area contributed by atoms with Crippen LogP contribution in [0.15, 0.2) is 54.7 Å². The number of piperazine rings is 1. The zero-order chi connectivity index (χ0) is 26.2. The van der Waals surface area contributed by atoms with Crippen LogP contribution in [0, 0.1) is 6.92 Å². The van der Waals surface area contributed by atoms with E-state index in [4.69, 9.17) is 25.8 Å². The van der Waals surface area contributed by atoms with Crippen LogP contribution < -0.4 is 14.2 Å². The van der Waals surface area contributed by atoms with Crippen molar-refractivity contribution in [2.24, 2.45) is 0 Å². The van der Waals surface area contributed by atoms with Crippen LogP contribution in [0.25, 0.3) is 0 Å². The van der Waals surface area contributed by atoms with Crippen molar-refractivity contribution in [3.8, 4) is 23.1 Å². The smallest absolute Gasteiger partial charge is 0.254 e. The molecule has 8 nitrogen and oxygen atoms in total. The van der Waals surface area contributed by atoms with Crippen molar-refractivity contribution in [3.05, 3.63) is 76.4 Å². The van der Waals surface area contributed by atoms with Crippen LogP contribution in [0.3, 0.4) is 0 Å². The molecule has 0 unspecified atom stereocenters. The molecule has 1 aromatic heterocycles. The van der Waals surface area contributed by atoms with Gasteiger partial charge < -0.3 is 24.0 Å². The quantitative estimate of drug-likeness (QED) is 0.455. The summed E-state index contributed by atoms with van der Waals surface area (Å²) in [5.74, 6) is 2.01. The summed E-state index contributed by atoms with van der Waals surface area (Å²) in [6.07, 6.45) is 3.26. The number of halogens is 1. The van der Waals surface area contributed by atoms with E-state index in [1.807, 2.05) is 22.8 Å². The number of methoxy groups -OCH3 is 2. The van der Waals surface area contributed by atoms with Gasteiger partial charge in [-0.05, 0) is 67.8 Å². The standard InChI is InChI=1S/C28H28ClN3O5/c1-18-14-23(35-2)24(36-3)15-22(18)27(34)31-12-13-32(28(17-31)10-11-28)26(33)19-4-7-21(8-5-19)37-25-9-6-20(29)16-30-25/h4-9,14-16H,10-13,17H2,1-3H3. The van der Waals surface area contributed by atoms with E-state index in [2.05, 4.69) is 4.98 Å². The molecule has 1 spiro atoms. The number of hydrogen-bond acceptors (Lipinski definition) is 6. The molecule has 0 radical (unpaired) electrons. The maximum atomic E-state index is 13.5. The Labute approximate surface area is 220 Å². The highest BCUT2D eigenvalue weighted by atomic mass is 35.5. The van der Waals surface area contributed by atoms with Crippen LogP contribution >= 0.6 is 11.6 Å². The van der Waals surface area contributed by atoms with Gasteiger partial charge in [0.25, 0.3) is 11.8 Å². The predicted molar refractivity (Wildman–Crippen MR) is 139 cm³/mol. The van der Waals surface area contributed by atoms with Gasteiger partial charge in [0.1, 0.15) is 5.75 Å². The Hall–Kier alpha value is -3.78. The van der Waals surface area contributed by atoms with Crippen LogP contribution in [-0.2, 0) is 0 Å². The number of hydrogen-bond donors (Lipinski definition) is 0. The van der Waals surface area contributed by atoms with Gasteiger partial charge >= 0.3 is 0 Å². The van der Waals surface area contributed by atoms with Crippen LogP contribution in [0.4, 0.5) is 0 Å². The van der Waals surface area contributed by atoms with E-state index in [-0.39, 0.29) is 17.4 Å². The zero-order valence-corrected chi connectivity index (χ0v) is 21.7. The Morgan fingerprint density at radius 1 is 0.946 bits per heavy atom. The molecule has 1 saturated heterocycles. The number of carbonyl (C=O) groups excluding carboxylic acids is 2.